The quantitative estimate of drug-likeness (QED) is 0.831. The lowest BCUT2D eigenvalue weighted by Crippen LogP contribution is -2.26. The van der Waals surface area contributed by atoms with Crippen molar-refractivity contribution in [3.8, 4) is 11.8 Å². The van der Waals surface area contributed by atoms with Crippen LogP contribution in [0.2, 0.25) is 0 Å². The molecular formula is C18H21NO2. The van der Waals surface area contributed by atoms with Crippen LogP contribution in [0.3, 0.4) is 0 Å². The summed E-state index contributed by atoms with van der Waals surface area (Å²) >= 11 is 0. The second-order valence-electron chi connectivity index (χ2n) is 5.97. The Morgan fingerprint density at radius 2 is 1.95 bits per heavy atom. The predicted molar refractivity (Wildman–Crippen MR) is 81.2 cm³/mol. The third kappa shape index (κ3) is 3.28. The van der Waals surface area contributed by atoms with E-state index in [0.29, 0.717) is 30.7 Å². The monoisotopic (exact) mass is 283 g/mol. The molecule has 21 heavy (non-hydrogen) atoms. The van der Waals surface area contributed by atoms with Crippen LogP contribution >= 0.6 is 0 Å². The molecule has 0 bridgehead atoms. The largest absolute Gasteiger partial charge is 0.395 e. The van der Waals surface area contributed by atoms with Gasteiger partial charge in [0.25, 0.3) is 0 Å². The number of aliphatic hydroxyl groups excluding tert-OH is 1. The van der Waals surface area contributed by atoms with E-state index in [9.17, 15) is 4.79 Å². The molecule has 110 valence electrons. The number of fused-ring (bicyclic) bond motifs is 1. The van der Waals surface area contributed by atoms with Gasteiger partial charge in [-0.15, -0.1) is 0 Å². The van der Waals surface area contributed by atoms with Gasteiger partial charge in [0.05, 0.1) is 6.61 Å². The van der Waals surface area contributed by atoms with Gasteiger partial charge in [-0.3, -0.25) is 4.79 Å². The van der Waals surface area contributed by atoms with Crippen LogP contribution < -0.4 is 5.32 Å². The number of carbonyl (C=O) groups is 1. The van der Waals surface area contributed by atoms with Gasteiger partial charge in [0, 0.05) is 24.4 Å². The summed E-state index contributed by atoms with van der Waals surface area (Å²) in [5.74, 6) is 7.77. The Labute approximate surface area is 125 Å². The van der Waals surface area contributed by atoms with Crippen molar-refractivity contribution < 1.29 is 9.90 Å². The number of aliphatic hydroxyl groups is 1. The molecule has 1 amide bonds. The highest BCUT2D eigenvalue weighted by Gasteiger charge is 2.56. The molecule has 0 saturated heterocycles. The number of hydrogen-bond acceptors (Lipinski definition) is 2. The Bertz CT molecular complexity index is 557. The topological polar surface area (TPSA) is 49.3 Å². The van der Waals surface area contributed by atoms with Crippen molar-refractivity contribution in [2.24, 2.45) is 17.8 Å². The molecule has 0 heterocycles. The van der Waals surface area contributed by atoms with Gasteiger partial charge in [-0.1, -0.05) is 30.4 Å². The number of rotatable bonds is 4. The van der Waals surface area contributed by atoms with E-state index in [-0.39, 0.29) is 12.5 Å². The van der Waals surface area contributed by atoms with Gasteiger partial charge in [-0.2, -0.15) is 0 Å². The molecule has 2 saturated carbocycles. The average molecular weight is 283 g/mol. The fraction of sp³-hybridized carbons (Fsp3) is 0.500. The Kier molecular flexibility index (Phi) is 4.26. The smallest absolute Gasteiger partial charge is 0.223 e. The zero-order valence-electron chi connectivity index (χ0n) is 12.1. The molecule has 1 aromatic carbocycles. The highest BCUT2D eigenvalue weighted by Crippen LogP contribution is 2.57. The SMILES string of the molecule is O=C(NCc1ccc(C#CCCO)cc1)C1C2CCCC21. The molecule has 3 nitrogen and oxygen atoms in total. The lowest BCUT2D eigenvalue weighted by molar-refractivity contribution is -0.123. The normalized spacial score (nSPS) is 25.7. The first kappa shape index (κ1) is 14.2. The molecule has 3 heteroatoms. The van der Waals surface area contributed by atoms with Crippen molar-refractivity contribution in [3.05, 3.63) is 35.4 Å². The van der Waals surface area contributed by atoms with Crippen LogP contribution in [0.25, 0.3) is 0 Å². The molecule has 3 rings (SSSR count). The lowest BCUT2D eigenvalue weighted by Gasteiger charge is -2.06. The molecule has 0 aromatic heterocycles. The summed E-state index contributed by atoms with van der Waals surface area (Å²) in [5, 5.41) is 11.7. The first-order chi connectivity index (χ1) is 10.3. The van der Waals surface area contributed by atoms with Gasteiger partial charge in [-0.05, 0) is 42.4 Å². The summed E-state index contributed by atoms with van der Waals surface area (Å²) in [7, 11) is 0. The Morgan fingerprint density at radius 3 is 2.62 bits per heavy atom. The van der Waals surface area contributed by atoms with Gasteiger partial charge in [0.15, 0.2) is 0 Å². The fourth-order valence-corrected chi connectivity index (χ4v) is 3.44. The number of nitrogens with one attached hydrogen (secondary N) is 1. The van der Waals surface area contributed by atoms with Crippen LogP contribution in [-0.4, -0.2) is 17.6 Å². The summed E-state index contributed by atoms with van der Waals surface area (Å²) in [6.07, 6.45) is 4.29. The van der Waals surface area contributed by atoms with Crippen molar-refractivity contribution in [2.75, 3.05) is 6.61 Å². The molecule has 0 radical (unpaired) electrons. The zero-order valence-corrected chi connectivity index (χ0v) is 12.1. The van der Waals surface area contributed by atoms with E-state index >= 15 is 0 Å². The van der Waals surface area contributed by atoms with E-state index in [1.807, 2.05) is 24.3 Å². The van der Waals surface area contributed by atoms with E-state index in [1.54, 1.807) is 0 Å². The molecule has 2 atom stereocenters. The number of carbonyl (C=O) groups excluding carboxylic acids is 1. The minimum Gasteiger partial charge on any atom is -0.395 e. The number of hydrogen-bond donors (Lipinski definition) is 2. The van der Waals surface area contributed by atoms with Crippen LogP contribution in [0.4, 0.5) is 0 Å². The fourth-order valence-electron chi connectivity index (χ4n) is 3.44. The van der Waals surface area contributed by atoms with E-state index in [1.165, 1.54) is 19.3 Å². The van der Waals surface area contributed by atoms with E-state index < -0.39 is 0 Å². The molecule has 0 spiro atoms. The molecule has 2 N–H and O–H groups in total. The van der Waals surface area contributed by atoms with E-state index in [2.05, 4.69) is 17.2 Å². The molecule has 2 unspecified atom stereocenters. The first-order valence-corrected chi connectivity index (χ1v) is 7.76. The van der Waals surface area contributed by atoms with Crippen LogP contribution in [0.15, 0.2) is 24.3 Å². The van der Waals surface area contributed by atoms with Gasteiger partial charge in [0.2, 0.25) is 5.91 Å². The third-order valence-electron chi connectivity index (χ3n) is 4.60. The van der Waals surface area contributed by atoms with E-state index in [4.69, 9.17) is 5.11 Å². The summed E-state index contributed by atoms with van der Waals surface area (Å²) < 4.78 is 0. The van der Waals surface area contributed by atoms with Crippen LogP contribution in [0.5, 0.6) is 0 Å². The molecule has 0 aliphatic heterocycles. The summed E-state index contributed by atoms with van der Waals surface area (Å²) in [4.78, 5) is 12.1. The van der Waals surface area contributed by atoms with Crippen molar-refractivity contribution in [3.63, 3.8) is 0 Å². The highest BCUT2D eigenvalue weighted by molar-refractivity contribution is 5.82. The second kappa shape index (κ2) is 6.32. The molecule has 2 aliphatic carbocycles. The average Bonchev–Trinajstić information content (AvgIpc) is 2.99. The summed E-state index contributed by atoms with van der Waals surface area (Å²) in [6, 6.07) is 7.91. The zero-order chi connectivity index (χ0) is 14.7. The van der Waals surface area contributed by atoms with Crippen LogP contribution in [0.1, 0.15) is 36.8 Å². The molecule has 1 aromatic rings. The number of amides is 1. The predicted octanol–water partition coefficient (Wildman–Crippen LogP) is 2.08. The number of benzene rings is 1. The summed E-state index contributed by atoms with van der Waals surface area (Å²) in [6.45, 7) is 0.694. The van der Waals surface area contributed by atoms with Crippen LogP contribution in [-0.2, 0) is 11.3 Å². The highest BCUT2D eigenvalue weighted by atomic mass is 16.2. The van der Waals surface area contributed by atoms with Gasteiger partial charge >= 0.3 is 0 Å². The van der Waals surface area contributed by atoms with Crippen molar-refractivity contribution in [1.29, 1.82) is 0 Å². The summed E-state index contributed by atoms with van der Waals surface area (Å²) in [5.41, 5.74) is 2.04. The van der Waals surface area contributed by atoms with E-state index in [0.717, 1.165) is 11.1 Å². The van der Waals surface area contributed by atoms with Gasteiger partial charge in [0.1, 0.15) is 0 Å². The maximum atomic E-state index is 12.1. The minimum absolute atomic E-state index is 0.0975. The Hall–Kier alpha value is -1.79. The van der Waals surface area contributed by atoms with Crippen molar-refractivity contribution >= 4 is 5.91 Å². The van der Waals surface area contributed by atoms with Gasteiger partial charge < -0.3 is 10.4 Å². The maximum Gasteiger partial charge on any atom is 0.223 e. The van der Waals surface area contributed by atoms with Crippen LogP contribution in [0, 0.1) is 29.6 Å². The molecular weight excluding hydrogens is 262 g/mol. The minimum atomic E-state index is 0.0975. The van der Waals surface area contributed by atoms with Gasteiger partial charge in [-0.25, -0.2) is 0 Å². The standard InChI is InChI=1S/C18H21NO2/c20-11-2-1-4-13-7-9-14(10-8-13)12-19-18(21)17-15-5-3-6-16(15)17/h7-10,15-17,20H,2-3,5-6,11-12H2,(H,19,21). The molecule has 2 fully saturated rings. The Morgan fingerprint density at radius 1 is 1.24 bits per heavy atom. The third-order valence-corrected chi connectivity index (χ3v) is 4.60. The van der Waals surface area contributed by atoms with Crippen molar-refractivity contribution in [1.82, 2.24) is 5.32 Å². The second-order valence-corrected chi connectivity index (χ2v) is 5.97. The lowest BCUT2D eigenvalue weighted by atomic mass is 10.1. The maximum absolute atomic E-state index is 12.1. The first-order valence-electron chi connectivity index (χ1n) is 7.76. The Balaban J connectivity index is 1.47. The molecule has 2 aliphatic rings. The van der Waals surface area contributed by atoms with Crippen molar-refractivity contribution in [2.45, 2.75) is 32.2 Å².